The number of halogens is 1. The number of hydroxylamine groups is 1. The molecule has 20 heavy (non-hydrogen) atoms. The molecule has 0 radical (unpaired) electrons. The van der Waals surface area contributed by atoms with Crippen LogP contribution < -0.4 is 10.2 Å². The van der Waals surface area contributed by atoms with Gasteiger partial charge in [-0.2, -0.15) is 0 Å². The summed E-state index contributed by atoms with van der Waals surface area (Å²) >= 11 is 0. The molecule has 0 aliphatic carbocycles. The summed E-state index contributed by atoms with van der Waals surface area (Å²) in [5, 5.41) is 8.44. The van der Waals surface area contributed by atoms with Gasteiger partial charge in [-0.1, -0.05) is 36.4 Å². The zero-order valence-electron chi connectivity index (χ0n) is 10.9. The minimum absolute atomic E-state index is 0.260. The number of hydrogen-bond acceptors (Lipinski definition) is 3. The van der Waals surface area contributed by atoms with Crippen molar-refractivity contribution in [3.63, 3.8) is 0 Å². The molecule has 2 rings (SSSR count). The van der Waals surface area contributed by atoms with Crippen molar-refractivity contribution in [3.8, 4) is 5.75 Å². The summed E-state index contributed by atoms with van der Waals surface area (Å²) in [6.45, 7) is 0.735. The average molecular weight is 273 g/mol. The number of benzene rings is 2. The van der Waals surface area contributed by atoms with Gasteiger partial charge in [-0.3, -0.25) is 0 Å². The van der Waals surface area contributed by atoms with Gasteiger partial charge < -0.3 is 9.94 Å². The van der Waals surface area contributed by atoms with E-state index in [0.717, 1.165) is 16.9 Å². The number of hydrogen-bond donors (Lipinski definition) is 2. The van der Waals surface area contributed by atoms with Crippen LogP contribution >= 0.6 is 0 Å². The van der Waals surface area contributed by atoms with E-state index < -0.39 is 0 Å². The molecule has 0 bridgehead atoms. The third-order valence-electron chi connectivity index (χ3n) is 2.69. The Bertz CT molecular complexity index is 567. The standard InChI is InChI=1S/C16H16FNO2/c17-15-5-1-3-14(11-15)12-20-16-8-6-13(7-9-16)4-2-10-18-19/h1-9,11,18-19H,10,12H2. The first-order valence-corrected chi connectivity index (χ1v) is 6.29. The van der Waals surface area contributed by atoms with Crippen LogP contribution in [0.15, 0.2) is 54.6 Å². The third kappa shape index (κ3) is 4.50. The Balaban J connectivity index is 1.90. The van der Waals surface area contributed by atoms with Gasteiger partial charge in [0.15, 0.2) is 0 Å². The van der Waals surface area contributed by atoms with Crippen LogP contribution in [0.4, 0.5) is 4.39 Å². The highest BCUT2D eigenvalue weighted by Crippen LogP contribution is 2.15. The molecule has 2 aromatic rings. The van der Waals surface area contributed by atoms with E-state index in [1.54, 1.807) is 6.07 Å². The lowest BCUT2D eigenvalue weighted by Crippen LogP contribution is -2.04. The Hall–Kier alpha value is -2.17. The monoisotopic (exact) mass is 273 g/mol. The molecular weight excluding hydrogens is 257 g/mol. The van der Waals surface area contributed by atoms with Gasteiger partial charge in [-0.05, 0) is 35.4 Å². The summed E-state index contributed by atoms with van der Waals surface area (Å²) in [5.74, 6) is 0.468. The minimum Gasteiger partial charge on any atom is -0.489 e. The first-order valence-electron chi connectivity index (χ1n) is 6.29. The van der Waals surface area contributed by atoms with Crippen LogP contribution in [0.3, 0.4) is 0 Å². The molecular formula is C16H16FNO2. The summed E-state index contributed by atoms with van der Waals surface area (Å²) in [5.41, 5.74) is 3.86. The van der Waals surface area contributed by atoms with Gasteiger partial charge in [0.05, 0.1) is 0 Å². The SMILES string of the molecule is ONCC=Cc1ccc(OCc2cccc(F)c2)cc1. The molecule has 0 aliphatic heterocycles. The summed E-state index contributed by atoms with van der Waals surface area (Å²) < 4.78 is 18.6. The van der Waals surface area contributed by atoms with E-state index in [-0.39, 0.29) is 5.82 Å². The van der Waals surface area contributed by atoms with E-state index in [9.17, 15) is 4.39 Å². The summed E-state index contributed by atoms with van der Waals surface area (Å²) in [4.78, 5) is 0. The van der Waals surface area contributed by atoms with Crippen molar-refractivity contribution in [1.29, 1.82) is 0 Å². The first-order chi connectivity index (χ1) is 9.78. The molecule has 0 saturated heterocycles. The molecule has 0 aromatic heterocycles. The minimum atomic E-state index is -0.260. The lowest BCUT2D eigenvalue weighted by Gasteiger charge is -2.06. The van der Waals surface area contributed by atoms with Gasteiger partial charge in [0.25, 0.3) is 0 Å². The topological polar surface area (TPSA) is 41.5 Å². The highest BCUT2D eigenvalue weighted by molar-refractivity contribution is 5.50. The second-order valence-electron chi connectivity index (χ2n) is 4.25. The van der Waals surface area contributed by atoms with Crippen LogP contribution in [-0.4, -0.2) is 11.8 Å². The van der Waals surface area contributed by atoms with Crippen molar-refractivity contribution >= 4 is 6.08 Å². The maximum Gasteiger partial charge on any atom is 0.123 e. The first kappa shape index (κ1) is 14.2. The molecule has 2 N–H and O–H groups in total. The van der Waals surface area contributed by atoms with Crippen LogP contribution in [0.1, 0.15) is 11.1 Å². The predicted octanol–water partition coefficient (Wildman–Crippen LogP) is 3.40. The van der Waals surface area contributed by atoms with Crippen molar-refractivity contribution < 1.29 is 14.3 Å². The smallest absolute Gasteiger partial charge is 0.123 e. The number of rotatable bonds is 6. The van der Waals surface area contributed by atoms with Crippen LogP contribution in [0.5, 0.6) is 5.75 Å². The second-order valence-corrected chi connectivity index (χ2v) is 4.25. The highest BCUT2D eigenvalue weighted by atomic mass is 19.1. The van der Waals surface area contributed by atoms with Gasteiger partial charge in [0.1, 0.15) is 18.2 Å². The van der Waals surface area contributed by atoms with E-state index in [0.29, 0.717) is 13.2 Å². The van der Waals surface area contributed by atoms with Crippen LogP contribution in [0.2, 0.25) is 0 Å². The van der Waals surface area contributed by atoms with Crippen LogP contribution in [0.25, 0.3) is 6.08 Å². The highest BCUT2D eigenvalue weighted by Gasteiger charge is 1.97. The second kappa shape index (κ2) is 7.43. The molecule has 3 nitrogen and oxygen atoms in total. The molecule has 0 unspecified atom stereocenters. The van der Waals surface area contributed by atoms with Crippen molar-refractivity contribution in [3.05, 3.63) is 71.6 Å². The Morgan fingerprint density at radius 3 is 2.65 bits per heavy atom. The van der Waals surface area contributed by atoms with Crippen molar-refractivity contribution in [2.24, 2.45) is 0 Å². The fraction of sp³-hybridized carbons (Fsp3) is 0.125. The largest absolute Gasteiger partial charge is 0.489 e. The zero-order valence-corrected chi connectivity index (χ0v) is 10.9. The van der Waals surface area contributed by atoms with Gasteiger partial charge in [-0.25, -0.2) is 9.87 Å². The molecule has 0 atom stereocenters. The Kier molecular flexibility index (Phi) is 5.29. The fourth-order valence-electron chi connectivity index (χ4n) is 1.72. The number of ether oxygens (including phenoxy) is 1. The Morgan fingerprint density at radius 2 is 1.95 bits per heavy atom. The molecule has 0 amide bonds. The molecule has 0 aliphatic rings. The molecule has 0 heterocycles. The van der Waals surface area contributed by atoms with Gasteiger partial charge in [0.2, 0.25) is 0 Å². The Labute approximate surface area is 117 Å². The van der Waals surface area contributed by atoms with E-state index >= 15 is 0 Å². The van der Waals surface area contributed by atoms with E-state index in [2.05, 4.69) is 5.48 Å². The zero-order chi connectivity index (χ0) is 14.2. The molecule has 4 heteroatoms. The third-order valence-corrected chi connectivity index (χ3v) is 2.69. The van der Waals surface area contributed by atoms with Crippen molar-refractivity contribution in [1.82, 2.24) is 5.48 Å². The maximum absolute atomic E-state index is 13.0. The molecule has 104 valence electrons. The molecule has 2 aromatic carbocycles. The van der Waals surface area contributed by atoms with Crippen molar-refractivity contribution in [2.75, 3.05) is 6.54 Å². The Morgan fingerprint density at radius 1 is 1.15 bits per heavy atom. The van der Waals surface area contributed by atoms with Crippen molar-refractivity contribution in [2.45, 2.75) is 6.61 Å². The van der Waals surface area contributed by atoms with Crippen LogP contribution in [-0.2, 0) is 6.61 Å². The van der Waals surface area contributed by atoms with E-state index in [1.807, 2.05) is 42.5 Å². The summed E-state index contributed by atoms with van der Waals surface area (Å²) in [6.07, 6.45) is 3.70. The fourth-order valence-corrected chi connectivity index (χ4v) is 1.72. The lowest BCUT2D eigenvalue weighted by atomic mass is 10.2. The average Bonchev–Trinajstić information content (AvgIpc) is 2.47. The lowest BCUT2D eigenvalue weighted by molar-refractivity contribution is 0.180. The molecule has 0 saturated carbocycles. The summed E-state index contributed by atoms with van der Waals surface area (Å²) in [7, 11) is 0. The number of nitrogens with one attached hydrogen (secondary N) is 1. The molecule has 0 spiro atoms. The van der Waals surface area contributed by atoms with E-state index in [4.69, 9.17) is 9.94 Å². The maximum atomic E-state index is 13.0. The van der Waals surface area contributed by atoms with Gasteiger partial charge in [0, 0.05) is 6.54 Å². The quantitative estimate of drug-likeness (QED) is 0.793. The normalized spacial score (nSPS) is 10.9. The predicted molar refractivity (Wildman–Crippen MR) is 76.0 cm³/mol. The van der Waals surface area contributed by atoms with Gasteiger partial charge in [-0.15, -0.1) is 0 Å². The van der Waals surface area contributed by atoms with E-state index in [1.165, 1.54) is 12.1 Å². The van der Waals surface area contributed by atoms with Crippen LogP contribution in [0, 0.1) is 5.82 Å². The molecule has 0 fully saturated rings. The summed E-state index contributed by atoms with van der Waals surface area (Å²) in [6, 6.07) is 13.9. The van der Waals surface area contributed by atoms with Gasteiger partial charge >= 0.3 is 0 Å².